The Bertz CT molecular complexity index is 998. The number of benzene rings is 2. The van der Waals surface area contributed by atoms with E-state index in [0.717, 1.165) is 37.0 Å². The van der Waals surface area contributed by atoms with Crippen LogP contribution in [-0.4, -0.2) is 11.5 Å². The van der Waals surface area contributed by atoms with Gasteiger partial charge in [-0.2, -0.15) is 0 Å². The molecule has 27 heavy (non-hydrogen) atoms. The highest BCUT2D eigenvalue weighted by atomic mass is 15.5. The van der Waals surface area contributed by atoms with Crippen LogP contribution in [0.3, 0.4) is 0 Å². The molecule has 6 heteroatoms. The molecular weight excluding hydrogens is 336 g/mol. The predicted molar refractivity (Wildman–Crippen MR) is 104 cm³/mol. The van der Waals surface area contributed by atoms with Gasteiger partial charge in [-0.15, -0.1) is 0 Å². The summed E-state index contributed by atoms with van der Waals surface area (Å²) in [6.45, 7) is 3.89. The summed E-state index contributed by atoms with van der Waals surface area (Å²) in [4.78, 5) is 7.28. The smallest absolute Gasteiger partial charge is 0.358 e. The first-order chi connectivity index (χ1) is 13.2. The first-order valence-corrected chi connectivity index (χ1v) is 9.47. The number of nitrogens with one attached hydrogen (secondary N) is 1. The monoisotopic (exact) mass is 360 g/mol. The standard InChI is InChI=1S/C21H23N6/c1-15-8-10-17(11-9-15)23-21-24-19(26-14-27(21)20(26)22)13-25-12-4-6-16-5-2-3-7-18(16)25/h2-3,5,7-11,14,20H,4,6,12-13,22H2,1H3/q+1/p+1. The second-order valence-corrected chi connectivity index (χ2v) is 7.34. The molecule has 0 spiro atoms. The van der Waals surface area contributed by atoms with E-state index >= 15 is 0 Å². The molecule has 3 aromatic rings. The van der Waals surface area contributed by atoms with Gasteiger partial charge in [-0.25, -0.2) is 5.73 Å². The highest BCUT2D eigenvalue weighted by Crippen LogP contribution is 2.27. The quantitative estimate of drug-likeness (QED) is 0.698. The summed E-state index contributed by atoms with van der Waals surface area (Å²) in [5, 5.41) is 3.41. The van der Waals surface area contributed by atoms with Gasteiger partial charge in [0.25, 0.3) is 0 Å². The molecule has 6 nitrogen and oxygen atoms in total. The van der Waals surface area contributed by atoms with E-state index in [4.69, 9.17) is 10.7 Å². The third kappa shape index (κ3) is 2.82. The van der Waals surface area contributed by atoms with E-state index in [1.54, 1.807) is 0 Å². The lowest BCUT2D eigenvalue weighted by Gasteiger charge is -2.30. The molecular formula is C21H24N6+2. The van der Waals surface area contributed by atoms with Crippen molar-refractivity contribution >= 4 is 17.3 Å². The molecule has 0 radical (unpaired) electrons. The van der Waals surface area contributed by atoms with Crippen molar-refractivity contribution < 1.29 is 9.13 Å². The lowest BCUT2D eigenvalue weighted by Crippen LogP contribution is -2.77. The first-order valence-electron chi connectivity index (χ1n) is 9.47. The zero-order chi connectivity index (χ0) is 18.4. The van der Waals surface area contributed by atoms with Crippen LogP contribution in [0.15, 0.2) is 54.9 Å². The van der Waals surface area contributed by atoms with Gasteiger partial charge in [0.05, 0.1) is 4.98 Å². The van der Waals surface area contributed by atoms with Crippen LogP contribution in [0.25, 0.3) is 0 Å². The zero-order valence-corrected chi connectivity index (χ0v) is 15.5. The summed E-state index contributed by atoms with van der Waals surface area (Å²) in [7, 11) is 0. The normalized spacial score (nSPS) is 17.3. The molecule has 1 aromatic heterocycles. The topological polar surface area (TPSA) is 61.9 Å². The van der Waals surface area contributed by atoms with Crippen LogP contribution in [0, 0.1) is 6.92 Å². The number of hydrogen-bond acceptors (Lipinski definition) is 4. The maximum atomic E-state index is 6.35. The van der Waals surface area contributed by atoms with Crippen molar-refractivity contribution in [3.05, 3.63) is 71.8 Å². The molecule has 1 atom stereocenters. The van der Waals surface area contributed by atoms with Crippen molar-refractivity contribution in [3.63, 3.8) is 0 Å². The molecule has 136 valence electrons. The van der Waals surface area contributed by atoms with Gasteiger partial charge in [0.2, 0.25) is 0 Å². The number of fused-ring (bicyclic) bond motifs is 3. The Hall–Kier alpha value is -2.99. The highest BCUT2D eigenvalue weighted by molar-refractivity contribution is 5.55. The lowest BCUT2D eigenvalue weighted by molar-refractivity contribution is -1.06. The number of nitrogens with zero attached hydrogens (tertiary/aromatic N) is 4. The van der Waals surface area contributed by atoms with E-state index in [-0.39, 0.29) is 6.29 Å². The van der Waals surface area contributed by atoms with Gasteiger partial charge in [0.15, 0.2) is 0 Å². The molecule has 2 aromatic carbocycles. The van der Waals surface area contributed by atoms with E-state index in [1.165, 1.54) is 23.2 Å². The minimum Gasteiger partial charge on any atom is -0.358 e. The van der Waals surface area contributed by atoms with Crippen molar-refractivity contribution in [1.29, 1.82) is 0 Å². The number of nitrogens with two attached hydrogens (primary N) is 1. The lowest BCUT2D eigenvalue weighted by atomic mass is 10.0. The van der Waals surface area contributed by atoms with Crippen molar-refractivity contribution in [3.8, 4) is 0 Å². The maximum Gasteiger partial charge on any atom is 0.482 e. The van der Waals surface area contributed by atoms with Crippen molar-refractivity contribution in [2.24, 2.45) is 5.73 Å². The zero-order valence-electron chi connectivity index (χ0n) is 15.5. The summed E-state index contributed by atoms with van der Waals surface area (Å²) < 4.78 is 4.02. The highest BCUT2D eigenvalue weighted by Gasteiger charge is 2.45. The molecule has 0 saturated heterocycles. The largest absolute Gasteiger partial charge is 0.482 e. The second kappa shape index (κ2) is 6.32. The second-order valence-electron chi connectivity index (χ2n) is 7.34. The Balaban J connectivity index is 1.44. The predicted octanol–water partition coefficient (Wildman–Crippen LogP) is 1.94. The molecule has 3 N–H and O–H groups in total. The van der Waals surface area contributed by atoms with Crippen LogP contribution in [-0.2, 0) is 13.0 Å². The van der Waals surface area contributed by atoms with E-state index in [9.17, 15) is 0 Å². The third-order valence-corrected chi connectivity index (χ3v) is 5.44. The van der Waals surface area contributed by atoms with Gasteiger partial charge >= 0.3 is 24.4 Å². The Morgan fingerprint density at radius 2 is 1.96 bits per heavy atom. The van der Waals surface area contributed by atoms with Crippen LogP contribution in [0.5, 0.6) is 0 Å². The van der Waals surface area contributed by atoms with Crippen LogP contribution in [0.2, 0.25) is 0 Å². The van der Waals surface area contributed by atoms with Crippen molar-refractivity contribution in [1.82, 2.24) is 4.98 Å². The van der Waals surface area contributed by atoms with Gasteiger partial charge in [0.1, 0.15) is 6.54 Å². The van der Waals surface area contributed by atoms with Crippen LogP contribution < -0.4 is 25.1 Å². The number of hydrogen-bond donors (Lipinski definition) is 2. The average molecular weight is 360 g/mol. The minimum absolute atomic E-state index is 0.189. The SMILES string of the molecule is Cc1ccc(Nc2nc(CN3CCCc4ccccc43)[n+]3c[n+]2C3N)cc1. The molecule has 0 aliphatic carbocycles. The fourth-order valence-electron chi connectivity index (χ4n) is 3.89. The van der Waals surface area contributed by atoms with E-state index in [1.807, 2.05) is 10.9 Å². The molecule has 3 aliphatic rings. The minimum atomic E-state index is -0.189. The maximum absolute atomic E-state index is 6.35. The molecule has 0 fully saturated rings. The van der Waals surface area contributed by atoms with Gasteiger partial charge in [-0.1, -0.05) is 45.0 Å². The number of para-hydroxylation sites is 1. The summed E-state index contributed by atoms with van der Waals surface area (Å²) >= 11 is 0. The van der Waals surface area contributed by atoms with Gasteiger partial charge in [-0.3, -0.25) is 5.32 Å². The summed E-state index contributed by atoms with van der Waals surface area (Å²) in [5.41, 5.74) is 11.3. The fourth-order valence-corrected chi connectivity index (χ4v) is 3.89. The number of anilines is 3. The fraction of sp³-hybridized carbons (Fsp3) is 0.286. The molecule has 4 heterocycles. The molecule has 0 amide bonds. The first kappa shape index (κ1) is 16.2. The Kier molecular flexibility index (Phi) is 3.79. The van der Waals surface area contributed by atoms with E-state index in [2.05, 4.69) is 70.2 Å². The van der Waals surface area contributed by atoms with Crippen LogP contribution in [0.1, 0.15) is 29.7 Å². The van der Waals surface area contributed by atoms with Crippen molar-refractivity contribution in [2.45, 2.75) is 32.6 Å². The van der Waals surface area contributed by atoms with E-state index in [0.29, 0.717) is 0 Å². The van der Waals surface area contributed by atoms with Crippen LogP contribution in [0.4, 0.5) is 17.3 Å². The summed E-state index contributed by atoms with van der Waals surface area (Å²) in [5.74, 6) is 1.77. The number of aryl methyl sites for hydroxylation is 2. The average Bonchev–Trinajstić information content (AvgIpc) is 2.69. The molecule has 0 saturated carbocycles. The number of rotatable bonds is 4. The van der Waals surface area contributed by atoms with Gasteiger partial charge in [-0.05, 0) is 43.5 Å². The molecule has 3 aliphatic heterocycles. The summed E-state index contributed by atoms with van der Waals surface area (Å²) in [6.07, 6.45) is 4.16. The Labute approximate surface area is 158 Å². The van der Waals surface area contributed by atoms with Gasteiger partial charge < -0.3 is 4.90 Å². The van der Waals surface area contributed by atoms with Gasteiger partial charge in [0, 0.05) is 17.9 Å². The van der Waals surface area contributed by atoms with Crippen molar-refractivity contribution in [2.75, 3.05) is 16.8 Å². The Morgan fingerprint density at radius 3 is 2.78 bits per heavy atom. The molecule has 2 bridgehead atoms. The van der Waals surface area contributed by atoms with E-state index < -0.39 is 0 Å². The number of aromatic nitrogens is 3. The summed E-state index contributed by atoms with van der Waals surface area (Å²) in [6, 6.07) is 17.0. The molecule has 6 rings (SSSR count). The molecule has 1 unspecified atom stereocenters. The van der Waals surface area contributed by atoms with Crippen LogP contribution >= 0.6 is 0 Å². The Morgan fingerprint density at radius 1 is 1.15 bits per heavy atom. The third-order valence-electron chi connectivity index (χ3n) is 5.44.